The summed E-state index contributed by atoms with van der Waals surface area (Å²) < 4.78 is 5.31. The summed E-state index contributed by atoms with van der Waals surface area (Å²) in [5, 5.41) is 0.855. The molecule has 1 saturated carbocycles. The molecule has 1 aromatic rings. The normalized spacial score (nSPS) is 17.3. The van der Waals surface area contributed by atoms with Crippen molar-refractivity contribution in [3.05, 3.63) is 24.4 Å². The second kappa shape index (κ2) is 3.72. The van der Waals surface area contributed by atoms with Crippen LogP contribution in [0.25, 0.3) is 0 Å². The fraction of sp³-hybridized carbons (Fsp3) is 0.333. The van der Waals surface area contributed by atoms with Crippen LogP contribution in [0, 0.1) is 0 Å². The Labute approximate surface area is 75.5 Å². The van der Waals surface area contributed by atoms with Crippen LogP contribution in [0.2, 0.25) is 0 Å². The molecule has 0 atom stereocenters. The van der Waals surface area contributed by atoms with Crippen LogP contribution in [0.1, 0.15) is 12.8 Å². The second-order valence-electron chi connectivity index (χ2n) is 2.77. The maximum atomic E-state index is 5.31. The predicted octanol–water partition coefficient (Wildman–Crippen LogP) is 1.85. The zero-order valence-corrected chi connectivity index (χ0v) is 7.58. The molecule has 1 aliphatic carbocycles. The summed E-state index contributed by atoms with van der Waals surface area (Å²) in [5.41, 5.74) is 1.83. The summed E-state index contributed by atoms with van der Waals surface area (Å²) >= 11 is 1.29. The Balaban J connectivity index is 1.86. The number of hydrogen-bond donors (Lipinski definition) is 1. The van der Waals surface area contributed by atoms with Crippen LogP contribution >= 0.6 is 11.4 Å². The van der Waals surface area contributed by atoms with Crippen molar-refractivity contribution in [3.8, 4) is 5.88 Å². The maximum Gasteiger partial charge on any atom is 0.218 e. The molecule has 1 aliphatic rings. The van der Waals surface area contributed by atoms with Crippen LogP contribution in [0.4, 0.5) is 0 Å². The molecule has 0 radical (unpaired) electrons. The Kier molecular flexibility index (Phi) is 2.42. The van der Waals surface area contributed by atoms with Crippen LogP contribution in [0.15, 0.2) is 24.4 Å². The van der Waals surface area contributed by atoms with E-state index in [1.54, 1.807) is 6.20 Å². The minimum Gasteiger partial charge on any atom is -0.441 e. The molecule has 0 spiro atoms. The fourth-order valence-corrected chi connectivity index (χ4v) is 1.60. The molecule has 1 aromatic heterocycles. The SMILES string of the molecule is C(Oc1ccccn1)=[SH]C1CC1. The van der Waals surface area contributed by atoms with E-state index in [1.807, 2.05) is 23.8 Å². The summed E-state index contributed by atoms with van der Waals surface area (Å²) in [6.07, 6.45) is 4.43. The van der Waals surface area contributed by atoms with Gasteiger partial charge in [0.25, 0.3) is 0 Å². The first-order valence-electron chi connectivity index (χ1n) is 4.04. The summed E-state index contributed by atoms with van der Waals surface area (Å²) in [6.45, 7) is 0. The number of hydrogen-bond acceptors (Lipinski definition) is 2. The Hall–Kier alpha value is -0.830. The predicted molar refractivity (Wildman–Crippen MR) is 52.9 cm³/mol. The highest BCUT2D eigenvalue weighted by molar-refractivity contribution is 7.98. The van der Waals surface area contributed by atoms with Crippen LogP contribution < -0.4 is 4.74 Å². The number of thiol groups is 1. The highest BCUT2D eigenvalue weighted by Gasteiger charge is 2.17. The third kappa shape index (κ3) is 2.34. The third-order valence-corrected chi connectivity index (χ3v) is 2.79. The lowest BCUT2D eigenvalue weighted by atomic mass is 10.5. The monoisotopic (exact) mass is 181 g/mol. The van der Waals surface area contributed by atoms with Crippen LogP contribution in [0.3, 0.4) is 0 Å². The van der Waals surface area contributed by atoms with Crippen molar-refractivity contribution in [3.63, 3.8) is 0 Å². The lowest BCUT2D eigenvalue weighted by Crippen LogP contribution is -1.89. The minimum absolute atomic E-state index is 0.686. The average molecular weight is 181 g/mol. The first kappa shape index (κ1) is 7.80. The summed E-state index contributed by atoms with van der Waals surface area (Å²) in [5.74, 6) is 0.686. The Bertz CT molecular complexity index is 269. The molecule has 0 aromatic carbocycles. The molecule has 3 heteroatoms. The van der Waals surface area contributed by atoms with E-state index in [1.165, 1.54) is 24.2 Å². The standard InChI is InChI=1S/C9H11NOS/c1-2-6-10-9(3-1)11-7-12-8-4-5-8/h1-3,6-8,12H,4-5H2. The van der Waals surface area contributed by atoms with E-state index < -0.39 is 0 Å². The summed E-state index contributed by atoms with van der Waals surface area (Å²) in [6, 6.07) is 5.66. The Morgan fingerprint density at radius 1 is 1.50 bits per heavy atom. The molecule has 1 heterocycles. The van der Waals surface area contributed by atoms with Gasteiger partial charge in [0.1, 0.15) is 5.55 Å². The molecule has 0 bridgehead atoms. The molecule has 0 saturated heterocycles. The van der Waals surface area contributed by atoms with Crippen LogP contribution in [-0.2, 0) is 0 Å². The van der Waals surface area contributed by atoms with Gasteiger partial charge < -0.3 is 4.74 Å². The van der Waals surface area contributed by atoms with Gasteiger partial charge in [-0.25, -0.2) is 4.98 Å². The van der Waals surface area contributed by atoms with Crippen molar-refractivity contribution in [1.82, 2.24) is 4.98 Å². The molecule has 0 aliphatic heterocycles. The first-order chi connectivity index (χ1) is 5.95. The number of pyridine rings is 1. The van der Waals surface area contributed by atoms with Gasteiger partial charge in [-0.05, 0) is 24.2 Å². The largest absolute Gasteiger partial charge is 0.441 e. The van der Waals surface area contributed by atoms with Gasteiger partial charge >= 0.3 is 0 Å². The zero-order valence-electron chi connectivity index (χ0n) is 6.68. The lowest BCUT2D eigenvalue weighted by Gasteiger charge is -1.95. The fourth-order valence-electron chi connectivity index (χ4n) is 0.811. The van der Waals surface area contributed by atoms with Gasteiger partial charge in [-0.2, -0.15) is 11.4 Å². The molecule has 12 heavy (non-hydrogen) atoms. The molecular weight excluding hydrogens is 170 g/mol. The molecule has 2 rings (SSSR count). The van der Waals surface area contributed by atoms with E-state index in [0.29, 0.717) is 5.88 Å². The van der Waals surface area contributed by atoms with Crippen LogP contribution in [-0.4, -0.2) is 15.8 Å². The highest BCUT2D eigenvalue weighted by atomic mass is 32.1. The van der Waals surface area contributed by atoms with Gasteiger partial charge in [-0.15, -0.1) is 0 Å². The summed E-state index contributed by atoms with van der Waals surface area (Å²) in [4.78, 5) is 4.04. The van der Waals surface area contributed by atoms with Crippen molar-refractivity contribution < 1.29 is 4.74 Å². The van der Waals surface area contributed by atoms with Gasteiger partial charge in [-0.1, -0.05) is 6.07 Å². The molecule has 0 amide bonds. The zero-order chi connectivity index (χ0) is 8.23. The van der Waals surface area contributed by atoms with E-state index >= 15 is 0 Å². The van der Waals surface area contributed by atoms with Gasteiger partial charge in [-0.3, -0.25) is 0 Å². The van der Waals surface area contributed by atoms with Crippen LogP contribution in [0.5, 0.6) is 5.88 Å². The van der Waals surface area contributed by atoms with Gasteiger partial charge in [0.05, 0.1) is 0 Å². The third-order valence-electron chi connectivity index (χ3n) is 1.63. The minimum atomic E-state index is 0.686. The molecule has 2 nitrogen and oxygen atoms in total. The molecule has 1 fully saturated rings. The van der Waals surface area contributed by atoms with Gasteiger partial charge in [0.2, 0.25) is 5.88 Å². The molecule has 0 unspecified atom stereocenters. The van der Waals surface area contributed by atoms with Crippen molar-refractivity contribution >= 4 is 16.9 Å². The average Bonchev–Trinajstić information content (AvgIpc) is 2.90. The number of nitrogens with zero attached hydrogens (tertiary/aromatic N) is 1. The van der Waals surface area contributed by atoms with E-state index in [9.17, 15) is 0 Å². The van der Waals surface area contributed by atoms with E-state index in [2.05, 4.69) is 4.98 Å². The summed E-state index contributed by atoms with van der Waals surface area (Å²) in [7, 11) is 0. The first-order valence-corrected chi connectivity index (χ1v) is 5.08. The number of ether oxygens (including phenoxy) is 1. The van der Waals surface area contributed by atoms with Gasteiger partial charge in [0.15, 0.2) is 0 Å². The van der Waals surface area contributed by atoms with Crippen molar-refractivity contribution in [2.24, 2.45) is 0 Å². The Morgan fingerprint density at radius 3 is 3.08 bits per heavy atom. The van der Waals surface area contributed by atoms with E-state index in [0.717, 1.165) is 5.25 Å². The lowest BCUT2D eigenvalue weighted by molar-refractivity contribution is 0.560. The van der Waals surface area contributed by atoms with E-state index in [4.69, 9.17) is 4.74 Å². The van der Waals surface area contributed by atoms with Crippen molar-refractivity contribution in [2.75, 3.05) is 0 Å². The van der Waals surface area contributed by atoms with E-state index in [-0.39, 0.29) is 0 Å². The Morgan fingerprint density at radius 2 is 2.42 bits per heavy atom. The highest BCUT2D eigenvalue weighted by Crippen LogP contribution is 2.28. The topological polar surface area (TPSA) is 22.1 Å². The molecule has 0 N–H and O–H groups in total. The molecular formula is C9H11NOS. The smallest absolute Gasteiger partial charge is 0.218 e. The van der Waals surface area contributed by atoms with Crippen molar-refractivity contribution in [2.45, 2.75) is 18.1 Å². The van der Waals surface area contributed by atoms with Crippen molar-refractivity contribution in [1.29, 1.82) is 0 Å². The number of rotatable bonds is 3. The van der Waals surface area contributed by atoms with Gasteiger partial charge in [0, 0.05) is 12.3 Å². The maximum absolute atomic E-state index is 5.31. The quantitative estimate of drug-likeness (QED) is 0.568. The second-order valence-corrected chi connectivity index (χ2v) is 4.01. The number of aromatic nitrogens is 1. The molecule has 64 valence electrons.